The molecule has 0 saturated carbocycles. The number of fused-ring (bicyclic) bond motifs is 1. The first-order valence-electron chi connectivity index (χ1n) is 6.26. The average Bonchev–Trinajstić information content (AvgIpc) is 2.46. The monoisotopic (exact) mass is 256 g/mol. The maximum atomic E-state index is 13.2. The number of carbonyl (C=O) groups excluding carboxylic acids is 1. The van der Waals surface area contributed by atoms with E-state index in [2.05, 4.69) is 4.98 Å². The number of rotatable bonds is 1. The van der Waals surface area contributed by atoms with Crippen LogP contribution in [0.4, 0.5) is 10.1 Å². The highest BCUT2D eigenvalue weighted by Crippen LogP contribution is 2.27. The lowest BCUT2D eigenvalue weighted by Crippen LogP contribution is -2.35. The number of aryl methyl sites for hydroxylation is 1. The Morgan fingerprint density at radius 1 is 1.32 bits per heavy atom. The van der Waals surface area contributed by atoms with Gasteiger partial charge in [-0.3, -0.25) is 9.78 Å². The Hall–Kier alpha value is -2.23. The number of nitrogens with zero attached hydrogens (tertiary/aromatic N) is 2. The van der Waals surface area contributed by atoms with Gasteiger partial charge in [0.05, 0.1) is 5.69 Å². The SMILES string of the molecule is O=C(c1cccc(F)c1)N1CCCc2cnccc21. The number of halogens is 1. The number of benzene rings is 1. The smallest absolute Gasteiger partial charge is 0.258 e. The number of pyridine rings is 1. The Bertz CT molecular complexity index is 627. The molecule has 0 atom stereocenters. The third-order valence-corrected chi connectivity index (χ3v) is 3.31. The highest BCUT2D eigenvalue weighted by molar-refractivity contribution is 6.06. The molecule has 1 aliphatic rings. The summed E-state index contributed by atoms with van der Waals surface area (Å²) in [6, 6.07) is 7.65. The van der Waals surface area contributed by atoms with Crippen molar-refractivity contribution in [2.75, 3.05) is 11.4 Å². The molecule has 0 unspecified atom stereocenters. The quantitative estimate of drug-likeness (QED) is 0.786. The van der Waals surface area contributed by atoms with Gasteiger partial charge in [-0.2, -0.15) is 0 Å². The third-order valence-electron chi connectivity index (χ3n) is 3.31. The van der Waals surface area contributed by atoms with Gasteiger partial charge >= 0.3 is 0 Å². The molecular formula is C15H13FN2O. The van der Waals surface area contributed by atoms with Crippen molar-refractivity contribution in [1.29, 1.82) is 0 Å². The highest BCUT2D eigenvalue weighted by atomic mass is 19.1. The molecule has 0 aliphatic carbocycles. The minimum Gasteiger partial charge on any atom is -0.308 e. The topological polar surface area (TPSA) is 33.2 Å². The van der Waals surface area contributed by atoms with Gasteiger partial charge in [0.2, 0.25) is 0 Å². The first-order valence-corrected chi connectivity index (χ1v) is 6.26. The van der Waals surface area contributed by atoms with Crippen LogP contribution < -0.4 is 4.90 Å². The van der Waals surface area contributed by atoms with E-state index >= 15 is 0 Å². The highest BCUT2D eigenvalue weighted by Gasteiger charge is 2.23. The fourth-order valence-corrected chi connectivity index (χ4v) is 2.41. The molecule has 96 valence electrons. The molecule has 0 fully saturated rings. The molecule has 0 spiro atoms. The van der Waals surface area contributed by atoms with Crippen molar-refractivity contribution in [3.05, 3.63) is 59.7 Å². The lowest BCUT2D eigenvalue weighted by atomic mass is 10.0. The minimum absolute atomic E-state index is 0.161. The van der Waals surface area contributed by atoms with Crippen molar-refractivity contribution in [2.45, 2.75) is 12.8 Å². The molecule has 4 heteroatoms. The molecule has 0 N–H and O–H groups in total. The Kier molecular flexibility index (Phi) is 2.99. The number of amides is 1. The zero-order valence-corrected chi connectivity index (χ0v) is 10.3. The van der Waals surface area contributed by atoms with Gasteiger partial charge in [0.15, 0.2) is 0 Å². The molecule has 0 bridgehead atoms. The zero-order chi connectivity index (χ0) is 13.2. The molecule has 2 aromatic rings. The molecular weight excluding hydrogens is 243 g/mol. The van der Waals surface area contributed by atoms with E-state index in [4.69, 9.17) is 0 Å². The summed E-state index contributed by atoms with van der Waals surface area (Å²) in [4.78, 5) is 18.2. The average molecular weight is 256 g/mol. The van der Waals surface area contributed by atoms with E-state index in [0.717, 1.165) is 24.1 Å². The molecule has 2 heterocycles. The molecule has 0 saturated heterocycles. The molecule has 1 aromatic heterocycles. The second kappa shape index (κ2) is 4.80. The maximum absolute atomic E-state index is 13.2. The lowest BCUT2D eigenvalue weighted by Gasteiger charge is -2.29. The van der Waals surface area contributed by atoms with E-state index in [0.29, 0.717) is 12.1 Å². The molecule has 3 nitrogen and oxygen atoms in total. The molecule has 1 aliphatic heterocycles. The first-order chi connectivity index (χ1) is 9.25. The Labute approximate surface area is 110 Å². The fourth-order valence-electron chi connectivity index (χ4n) is 2.41. The summed E-state index contributed by atoms with van der Waals surface area (Å²) < 4.78 is 13.2. The molecule has 19 heavy (non-hydrogen) atoms. The Morgan fingerprint density at radius 3 is 3.05 bits per heavy atom. The van der Waals surface area contributed by atoms with Crippen molar-refractivity contribution in [3.63, 3.8) is 0 Å². The number of hydrogen-bond acceptors (Lipinski definition) is 2. The van der Waals surface area contributed by atoms with Crippen LogP contribution >= 0.6 is 0 Å². The zero-order valence-electron chi connectivity index (χ0n) is 10.3. The van der Waals surface area contributed by atoms with Crippen LogP contribution in [0.15, 0.2) is 42.7 Å². The van der Waals surface area contributed by atoms with E-state index in [1.165, 1.54) is 12.1 Å². The summed E-state index contributed by atoms with van der Waals surface area (Å²) in [5.41, 5.74) is 2.33. The van der Waals surface area contributed by atoms with Crippen LogP contribution in [0.1, 0.15) is 22.3 Å². The second-order valence-corrected chi connectivity index (χ2v) is 4.58. The Balaban J connectivity index is 1.98. The van der Waals surface area contributed by atoms with Crippen LogP contribution in [0.2, 0.25) is 0 Å². The number of aromatic nitrogens is 1. The van der Waals surface area contributed by atoms with E-state index in [9.17, 15) is 9.18 Å². The van der Waals surface area contributed by atoms with Gasteiger partial charge in [-0.1, -0.05) is 6.07 Å². The minimum atomic E-state index is -0.391. The van der Waals surface area contributed by atoms with Crippen molar-refractivity contribution in [1.82, 2.24) is 4.98 Å². The summed E-state index contributed by atoms with van der Waals surface area (Å²) in [5, 5.41) is 0. The van der Waals surface area contributed by atoms with E-state index in [1.54, 1.807) is 29.4 Å². The summed E-state index contributed by atoms with van der Waals surface area (Å²) in [7, 11) is 0. The first kappa shape index (κ1) is 11.8. The lowest BCUT2D eigenvalue weighted by molar-refractivity contribution is 0.0984. The van der Waals surface area contributed by atoms with Gasteiger partial charge in [-0.25, -0.2) is 4.39 Å². The van der Waals surface area contributed by atoms with Crippen LogP contribution in [0.3, 0.4) is 0 Å². The van der Waals surface area contributed by atoms with E-state index in [1.807, 2.05) is 6.07 Å². The largest absolute Gasteiger partial charge is 0.308 e. The number of anilines is 1. The predicted molar refractivity (Wildman–Crippen MR) is 70.6 cm³/mol. The van der Waals surface area contributed by atoms with Crippen LogP contribution in [-0.2, 0) is 6.42 Å². The normalized spacial score (nSPS) is 14.1. The maximum Gasteiger partial charge on any atom is 0.258 e. The van der Waals surface area contributed by atoms with E-state index in [-0.39, 0.29) is 5.91 Å². The summed E-state index contributed by atoms with van der Waals surface area (Å²) in [5.74, 6) is -0.551. The third kappa shape index (κ3) is 2.21. The molecule has 0 radical (unpaired) electrons. The summed E-state index contributed by atoms with van der Waals surface area (Å²) >= 11 is 0. The van der Waals surface area contributed by atoms with Crippen LogP contribution in [-0.4, -0.2) is 17.4 Å². The Morgan fingerprint density at radius 2 is 2.21 bits per heavy atom. The van der Waals surface area contributed by atoms with Crippen molar-refractivity contribution >= 4 is 11.6 Å². The van der Waals surface area contributed by atoms with Gasteiger partial charge < -0.3 is 4.90 Å². The van der Waals surface area contributed by atoms with E-state index < -0.39 is 5.82 Å². The number of hydrogen-bond donors (Lipinski definition) is 0. The second-order valence-electron chi connectivity index (χ2n) is 4.58. The van der Waals surface area contributed by atoms with Gasteiger partial charge in [0.1, 0.15) is 5.82 Å². The molecule has 1 aromatic carbocycles. The molecule has 3 rings (SSSR count). The fraction of sp³-hybridized carbons (Fsp3) is 0.200. The van der Waals surface area contributed by atoms with Gasteiger partial charge in [-0.05, 0) is 42.7 Å². The molecule has 1 amide bonds. The van der Waals surface area contributed by atoms with Gasteiger partial charge in [0, 0.05) is 24.5 Å². The van der Waals surface area contributed by atoms with Gasteiger partial charge in [0.25, 0.3) is 5.91 Å². The van der Waals surface area contributed by atoms with Crippen LogP contribution in [0.5, 0.6) is 0 Å². The number of carbonyl (C=O) groups is 1. The van der Waals surface area contributed by atoms with Crippen molar-refractivity contribution in [2.24, 2.45) is 0 Å². The predicted octanol–water partition coefficient (Wildman–Crippen LogP) is 2.81. The van der Waals surface area contributed by atoms with Crippen molar-refractivity contribution < 1.29 is 9.18 Å². The summed E-state index contributed by atoms with van der Waals surface area (Å²) in [6.07, 6.45) is 5.30. The van der Waals surface area contributed by atoms with Crippen LogP contribution in [0, 0.1) is 5.82 Å². The van der Waals surface area contributed by atoms with Gasteiger partial charge in [-0.15, -0.1) is 0 Å². The van der Waals surface area contributed by atoms with Crippen molar-refractivity contribution in [3.8, 4) is 0 Å². The standard InChI is InChI=1S/C15H13FN2O/c16-13-5-1-3-11(9-13)15(19)18-8-2-4-12-10-17-7-6-14(12)18/h1,3,5-7,9-10H,2,4,8H2. The summed E-state index contributed by atoms with van der Waals surface area (Å²) in [6.45, 7) is 0.659. The van der Waals surface area contributed by atoms with Crippen LogP contribution in [0.25, 0.3) is 0 Å².